The van der Waals surface area contributed by atoms with Crippen LogP contribution in [0.2, 0.25) is 0 Å². The van der Waals surface area contributed by atoms with E-state index in [9.17, 15) is 9.59 Å². The molecule has 2 heterocycles. The van der Waals surface area contributed by atoms with Gasteiger partial charge in [0.25, 0.3) is 5.56 Å². The van der Waals surface area contributed by atoms with E-state index < -0.39 is 0 Å². The van der Waals surface area contributed by atoms with Crippen LogP contribution in [0.1, 0.15) is 5.82 Å². The second kappa shape index (κ2) is 4.23. The Labute approximate surface area is 105 Å². The lowest BCUT2D eigenvalue weighted by atomic mass is 10.2. The molecule has 0 bridgehead atoms. The third-order valence-corrected chi connectivity index (χ3v) is 3.32. The van der Waals surface area contributed by atoms with Crippen molar-refractivity contribution >= 4 is 22.2 Å². The maximum Gasteiger partial charge on any atom is 0.307 e. The Kier molecular flexibility index (Phi) is 2.56. The minimum absolute atomic E-state index is 0.0641. The molecule has 0 atom stereocenters. The van der Waals surface area contributed by atoms with Crippen LogP contribution in [-0.4, -0.2) is 14.5 Å². The van der Waals surface area contributed by atoms with E-state index in [-0.39, 0.29) is 17.0 Å². The van der Waals surface area contributed by atoms with Gasteiger partial charge in [-0.25, -0.2) is 4.98 Å². The monoisotopic (exact) mass is 259 g/mol. The number of aromatic amines is 1. The summed E-state index contributed by atoms with van der Waals surface area (Å²) in [6.45, 7) is 0.280. The summed E-state index contributed by atoms with van der Waals surface area (Å²) in [7, 11) is 0. The van der Waals surface area contributed by atoms with Crippen LogP contribution in [0.3, 0.4) is 0 Å². The summed E-state index contributed by atoms with van der Waals surface area (Å²) < 4.78 is 1.51. The number of rotatable bonds is 2. The second-order valence-electron chi connectivity index (χ2n) is 3.83. The lowest BCUT2D eigenvalue weighted by Crippen LogP contribution is -2.18. The zero-order valence-corrected chi connectivity index (χ0v) is 10.1. The number of hydrogen-bond donors (Lipinski definition) is 1. The van der Waals surface area contributed by atoms with Crippen LogP contribution < -0.4 is 10.4 Å². The van der Waals surface area contributed by atoms with Gasteiger partial charge in [0, 0.05) is 11.6 Å². The standard InChI is InChI=1S/C12H9N3O2S/c16-11-8-3-1-2-4-9(8)13-10(14-11)7-15-5-6-18-12(15)17/h1-6H,7H2,(H,13,14,16). The Morgan fingerprint density at radius 1 is 1.28 bits per heavy atom. The number of H-pyrrole nitrogens is 1. The SMILES string of the molecule is O=c1[nH]c(Cn2ccsc2=O)nc2ccccc12. The van der Waals surface area contributed by atoms with Crippen LogP contribution in [-0.2, 0) is 6.54 Å². The highest BCUT2D eigenvalue weighted by molar-refractivity contribution is 7.07. The third kappa shape index (κ3) is 1.86. The summed E-state index contributed by atoms with van der Waals surface area (Å²) in [5.41, 5.74) is 0.457. The summed E-state index contributed by atoms with van der Waals surface area (Å²) in [5.74, 6) is 0.485. The van der Waals surface area contributed by atoms with Gasteiger partial charge in [0.2, 0.25) is 0 Å². The Balaban J connectivity index is 2.11. The van der Waals surface area contributed by atoms with Crippen molar-refractivity contribution in [2.24, 2.45) is 0 Å². The summed E-state index contributed by atoms with van der Waals surface area (Å²) in [5, 5.41) is 2.26. The molecule has 0 aliphatic rings. The number of aromatic nitrogens is 3. The van der Waals surface area contributed by atoms with E-state index >= 15 is 0 Å². The number of thiazole rings is 1. The normalized spacial score (nSPS) is 10.9. The van der Waals surface area contributed by atoms with Gasteiger partial charge in [-0.3, -0.25) is 14.2 Å². The van der Waals surface area contributed by atoms with Gasteiger partial charge in [0.05, 0.1) is 17.4 Å². The number of fused-ring (bicyclic) bond motifs is 1. The number of para-hydroxylation sites is 1. The van der Waals surface area contributed by atoms with Crippen molar-refractivity contribution in [3.05, 3.63) is 61.7 Å². The molecule has 0 saturated carbocycles. The number of hydrogen-bond acceptors (Lipinski definition) is 4. The molecular formula is C12H9N3O2S. The highest BCUT2D eigenvalue weighted by Gasteiger charge is 2.04. The molecule has 6 heteroatoms. The Bertz CT molecular complexity index is 816. The molecule has 0 saturated heterocycles. The van der Waals surface area contributed by atoms with Gasteiger partial charge in [-0.2, -0.15) is 0 Å². The fraction of sp³-hybridized carbons (Fsp3) is 0.0833. The smallest absolute Gasteiger partial charge is 0.307 e. The highest BCUT2D eigenvalue weighted by Crippen LogP contribution is 2.06. The lowest BCUT2D eigenvalue weighted by Gasteiger charge is -2.02. The summed E-state index contributed by atoms with van der Waals surface area (Å²) in [6, 6.07) is 7.13. The van der Waals surface area contributed by atoms with Crippen molar-refractivity contribution in [3.8, 4) is 0 Å². The fourth-order valence-corrected chi connectivity index (χ4v) is 2.36. The zero-order valence-electron chi connectivity index (χ0n) is 9.29. The van der Waals surface area contributed by atoms with E-state index in [1.54, 1.807) is 29.8 Å². The topological polar surface area (TPSA) is 67.8 Å². The number of benzene rings is 1. The van der Waals surface area contributed by atoms with Gasteiger partial charge in [-0.05, 0) is 12.1 Å². The first-order chi connectivity index (χ1) is 8.74. The number of nitrogens with one attached hydrogen (secondary N) is 1. The van der Waals surface area contributed by atoms with E-state index in [4.69, 9.17) is 0 Å². The predicted octanol–water partition coefficient (Wildman–Crippen LogP) is 1.19. The van der Waals surface area contributed by atoms with Gasteiger partial charge >= 0.3 is 4.87 Å². The van der Waals surface area contributed by atoms with Gasteiger partial charge in [0.1, 0.15) is 5.82 Å². The molecule has 18 heavy (non-hydrogen) atoms. The van der Waals surface area contributed by atoms with Crippen LogP contribution >= 0.6 is 11.3 Å². The third-order valence-electron chi connectivity index (χ3n) is 2.63. The van der Waals surface area contributed by atoms with Crippen LogP contribution in [0.25, 0.3) is 10.9 Å². The summed E-state index contributed by atoms with van der Waals surface area (Å²) >= 11 is 1.12. The molecule has 0 amide bonds. The van der Waals surface area contributed by atoms with E-state index in [0.717, 1.165) is 11.3 Å². The first-order valence-electron chi connectivity index (χ1n) is 5.36. The van der Waals surface area contributed by atoms with Crippen molar-refractivity contribution in [1.82, 2.24) is 14.5 Å². The first kappa shape index (κ1) is 10.9. The Morgan fingerprint density at radius 2 is 2.11 bits per heavy atom. The molecule has 1 N–H and O–H groups in total. The average Bonchev–Trinajstić information content (AvgIpc) is 2.75. The van der Waals surface area contributed by atoms with Gasteiger partial charge in [-0.1, -0.05) is 23.5 Å². The Morgan fingerprint density at radius 3 is 2.89 bits per heavy atom. The van der Waals surface area contributed by atoms with Crippen LogP contribution in [0, 0.1) is 0 Å². The maximum atomic E-state index is 11.8. The summed E-state index contributed by atoms with van der Waals surface area (Å²) in [6.07, 6.45) is 1.68. The minimum atomic E-state index is -0.182. The predicted molar refractivity (Wildman–Crippen MR) is 70.0 cm³/mol. The molecule has 0 aliphatic carbocycles. The first-order valence-corrected chi connectivity index (χ1v) is 6.24. The van der Waals surface area contributed by atoms with Crippen molar-refractivity contribution in [1.29, 1.82) is 0 Å². The molecule has 3 rings (SSSR count). The van der Waals surface area contributed by atoms with Crippen LogP contribution in [0.15, 0.2) is 45.4 Å². The quantitative estimate of drug-likeness (QED) is 0.751. The van der Waals surface area contributed by atoms with E-state index in [1.165, 1.54) is 4.57 Å². The lowest BCUT2D eigenvalue weighted by molar-refractivity contribution is 0.734. The molecule has 0 fully saturated rings. The summed E-state index contributed by atoms with van der Waals surface area (Å²) in [4.78, 5) is 30.2. The van der Waals surface area contributed by atoms with Crippen molar-refractivity contribution < 1.29 is 0 Å². The van der Waals surface area contributed by atoms with Gasteiger partial charge in [-0.15, -0.1) is 0 Å². The van der Waals surface area contributed by atoms with E-state index in [0.29, 0.717) is 16.7 Å². The molecule has 0 unspecified atom stereocenters. The molecule has 5 nitrogen and oxygen atoms in total. The van der Waals surface area contributed by atoms with Crippen molar-refractivity contribution in [2.45, 2.75) is 6.54 Å². The largest absolute Gasteiger partial charge is 0.308 e. The molecule has 90 valence electrons. The molecule has 3 aromatic rings. The number of nitrogens with zero attached hydrogens (tertiary/aromatic N) is 2. The van der Waals surface area contributed by atoms with Crippen molar-refractivity contribution in [3.63, 3.8) is 0 Å². The molecule has 1 aromatic carbocycles. The van der Waals surface area contributed by atoms with Crippen LogP contribution in [0.4, 0.5) is 0 Å². The van der Waals surface area contributed by atoms with E-state index in [1.807, 2.05) is 6.07 Å². The molecular weight excluding hydrogens is 250 g/mol. The minimum Gasteiger partial charge on any atom is -0.308 e. The molecule has 0 aliphatic heterocycles. The highest BCUT2D eigenvalue weighted by atomic mass is 32.1. The van der Waals surface area contributed by atoms with Crippen molar-refractivity contribution in [2.75, 3.05) is 0 Å². The second-order valence-corrected chi connectivity index (χ2v) is 4.68. The Hall–Kier alpha value is -2.21. The van der Waals surface area contributed by atoms with Crippen LogP contribution in [0.5, 0.6) is 0 Å². The van der Waals surface area contributed by atoms with Gasteiger partial charge < -0.3 is 4.98 Å². The maximum absolute atomic E-state index is 11.8. The zero-order chi connectivity index (χ0) is 12.5. The van der Waals surface area contributed by atoms with Gasteiger partial charge in [0.15, 0.2) is 0 Å². The molecule has 2 aromatic heterocycles. The average molecular weight is 259 g/mol. The fourth-order valence-electron chi connectivity index (χ4n) is 1.78. The molecule has 0 spiro atoms. The molecule has 0 radical (unpaired) electrons. The van der Waals surface area contributed by atoms with E-state index in [2.05, 4.69) is 9.97 Å².